The lowest BCUT2D eigenvalue weighted by Gasteiger charge is -2.19. The molecule has 0 aliphatic heterocycles. The highest BCUT2D eigenvalue weighted by atomic mass is 32.2. The van der Waals surface area contributed by atoms with Crippen molar-refractivity contribution in [2.75, 3.05) is 0 Å². The van der Waals surface area contributed by atoms with Gasteiger partial charge in [-0.25, -0.2) is 62.4 Å². The van der Waals surface area contributed by atoms with Crippen LogP contribution in [-0.4, -0.2) is 112 Å². The van der Waals surface area contributed by atoms with Crippen LogP contribution in [0.25, 0.3) is 0 Å². The monoisotopic (exact) mass is 980 g/mol. The number of hydrogen-bond donors (Lipinski definition) is 0. The molecule has 0 aliphatic carbocycles. The van der Waals surface area contributed by atoms with Crippen LogP contribution in [0.2, 0.25) is 0 Å². The Labute approximate surface area is 383 Å². The van der Waals surface area contributed by atoms with Gasteiger partial charge in [-0.2, -0.15) is 0 Å². The molecule has 24 heteroatoms. The van der Waals surface area contributed by atoms with E-state index in [1.807, 2.05) is 83.1 Å². The average Bonchev–Trinajstić information content (AvgIpc) is 3.88. The van der Waals surface area contributed by atoms with Crippen molar-refractivity contribution in [1.82, 2.24) is 59.5 Å². The van der Waals surface area contributed by atoms with Crippen molar-refractivity contribution >= 4 is 39.3 Å². The van der Waals surface area contributed by atoms with Gasteiger partial charge in [0.05, 0.1) is 53.5 Å². The SMILES string of the molecule is CC(C)(C)n1cc(S(=O)(=O)C(C)(C)C)nn1.CC(C)(C)n1cc(S(=O)(=O)C(C)(C)C)nn1.CC(C)(C)n1cnc(S(=O)(=O)C(C)(C)C)n1.CC(C)(C)n1cnc(S(=O)(=O)C(C)(C)C)n1. The van der Waals surface area contributed by atoms with Gasteiger partial charge in [-0.15, -0.1) is 20.4 Å². The van der Waals surface area contributed by atoms with Gasteiger partial charge in [-0.05, 0) is 166 Å². The summed E-state index contributed by atoms with van der Waals surface area (Å²) in [5, 5.41) is 23.1. The second-order valence-corrected chi connectivity index (χ2v) is 33.6. The molecule has 0 saturated carbocycles. The predicted octanol–water partition coefficient (Wildman–Crippen LogP) is 6.42. The first-order valence-corrected chi connectivity index (χ1v) is 26.5. The normalized spacial score (nSPS) is 14.1. The molecule has 0 aromatic carbocycles. The average molecular weight is 981 g/mol. The molecule has 0 amide bonds. The summed E-state index contributed by atoms with van der Waals surface area (Å²) < 4.78 is 99.3. The molecule has 0 unspecified atom stereocenters. The van der Waals surface area contributed by atoms with Crippen LogP contribution in [-0.2, 0) is 61.5 Å². The van der Waals surface area contributed by atoms with Crippen molar-refractivity contribution < 1.29 is 33.7 Å². The largest absolute Gasteiger partial charge is 0.267 e. The fraction of sp³-hybridized carbons (Fsp3) is 0.800. The van der Waals surface area contributed by atoms with Gasteiger partial charge < -0.3 is 0 Å². The zero-order valence-corrected chi connectivity index (χ0v) is 45.8. The first kappa shape index (κ1) is 58.4. The third kappa shape index (κ3) is 14.2. The number of nitrogens with zero attached hydrogens (tertiary/aromatic N) is 12. The van der Waals surface area contributed by atoms with Gasteiger partial charge in [0.25, 0.3) is 10.3 Å². The maximum Gasteiger partial charge on any atom is 0.267 e. The first-order chi connectivity index (χ1) is 27.8. The molecule has 4 heterocycles. The molecule has 0 bridgehead atoms. The van der Waals surface area contributed by atoms with Crippen molar-refractivity contribution in [2.24, 2.45) is 0 Å². The van der Waals surface area contributed by atoms with Crippen molar-refractivity contribution in [3.05, 3.63) is 25.0 Å². The van der Waals surface area contributed by atoms with E-state index >= 15 is 0 Å². The van der Waals surface area contributed by atoms with Crippen molar-refractivity contribution in [2.45, 2.75) is 228 Å². The summed E-state index contributed by atoms with van der Waals surface area (Å²) in [6.45, 7) is 43.0. The van der Waals surface area contributed by atoms with E-state index in [4.69, 9.17) is 0 Å². The van der Waals surface area contributed by atoms with Crippen molar-refractivity contribution in [3.8, 4) is 0 Å². The Kier molecular flexibility index (Phi) is 16.9. The van der Waals surface area contributed by atoms with Crippen LogP contribution in [0.15, 0.2) is 45.4 Å². The molecule has 4 aromatic rings. The van der Waals surface area contributed by atoms with Gasteiger partial charge in [0.2, 0.25) is 39.3 Å². The molecule has 4 aromatic heterocycles. The highest BCUT2D eigenvalue weighted by molar-refractivity contribution is 7.93. The maximum atomic E-state index is 12.1. The minimum atomic E-state index is -3.46. The number of hydrogen-bond acceptors (Lipinski definition) is 16. The molecule has 368 valence electrons. The van der Waals surface area contributed by atoms with Crippen LogP contribution in [0.3, 0.4) is 0 Å². The summed E-state index contributed by atoms with van der Waals surface area (Å²) in [6.07, 6.45) is 5.89. The fourth-order valence-corrected chi connectivity index (χ4v) is 7.84. The maximum absolute atomic E-state index is 12.1. The number of sulfone groups is 4. The van der Waals surface area contributed by atoms with E-state index in [-0.39, 0.29) is 42.5 Å². The lowest BCUT2D eigenvalue weighted by Crippen LogP contribution is -2.29. The van der Waals surface area contributed by atoms with Gasteiger partial charge in [-0.1, -0.05) is 10.4 Å². The van der Waals surface area contributed by atoms with Crippen molar-refractivity contribution in [3.63, 3.8) is 0 Å². The second-order valence-electron chi connectivity index (χ2n) is 23.1. The van der Waals surface area contributed by atoms with E-state index in [2.05, 4.69) is 40.8 Å². The Morgan fingerprint density at radius 1 is 0.344 bits per heavy atom. The topological polar surface area (TPSA) is 259 Å². The van der Waals surface area contributed by atoms with E-state index in [9.17, 15) is 33.7 Å². The highest BCUT2D eigenvalue weighted by Crippen LogP contribution is 2.27. The summed E-state index contributed by atoms with van der Waals surface area (Å²) in [7, 11) is -13.7. The van der Waals surface area contributed by atoms with Crippen LogP contribution in [0.1, 0.15) is 166 Å². The smallest absolute Gasteiger partial charge is 0.246 e. The molecule has 0 spiro atoms. The van der Waals surface area contributed by atoms with Gasteiger partial charge in [0.1, 0.15) is 12.7 Å². The minimum absolute atomic E-state index is 0.0370. The quantitative estimate of drug-likeness (QED) is 0.214. The van der Waals surface area contributed by atoms with Crippen LogP contribution >= 0.6 is 0 Å². The molecular formula is C40H76N12O8S4. The Morgan fingerprint density at radius 2 is 0.562 bits per heavy atom. The van der Waals surface area contributed by atoms with Crippen molar-refractivity contribution in [1.29, 1.82) is 0 Å². The summed E-state index contributed by atoms with van der Waals surface area (Å²) in [4.78, 5) is 7.77. The van der Waals surface area contributed by atoms with Gasteiger partial charge in [-0.3, -0.25) is 0 Å². The molecule has 4 rings (SSSR count). The molecular weight excluding hydrogens is 905 g/mol. The molecule has 0 N–H and O–H groups in total. The second kappa shape index (κ2) is 18.6. The van der Waals surface area contributed by atoms with Crippen LogP contribution in [0.4, 0.5) is 0 Å². The standard InChI is InChI=1S/4C10H19N3O2S/c2*1-9(2,3)13-7-11-8(12-13)16(14,15)10(4,5)6;2*1-9(2,3)13-7-8(11-12-13)16(14,15)10(4,5)6/h4*7H,1-6H3. The van der Waals surface area contributed by atoms with E-state index in [0.29, 0.717) is 0 Å². The summed E-state index contributed by atoms with van der Waals surface area (Å²) in [6, 6.07) is 0. The van der Waals surface area contributed by atoms with Gasteiger partial charge >= 0.3 is 0 Å². The third-order valence-corrected chi connectivity index (χ3v) is 18.2. The lowest BCUT2D eigenvalue weighted by molar-refractivity contribution is 0.346. The molecule has 0 atom stereocenters. The highest BCUT2D eigenvalue weighted by Gasteiger charge is 2.38. The van der Waals surface area contributed by atoms with Gasteiger partial charge in [0, 0.05) is 0 Å². The lowest BCUT2D eigenvalue weighted by atomic mass is 10.1. The Morgan fingerprint density at radius 3 is 0.719 bits per heavy atom. The predicted molar refractivity (Wildman–Crippen MR) is 248 cm³/mol. The van der Waals surface area contributed by atoms with Crippen LogP contribution in [0.5, 0.6) is 0 Å². The molecule has 20 nitrogen and oxygen atoms in total. The van der Waals surface area contributed by atoms with Gasteiger partial charge in [0.15, 0.2) is 10.1 Å². The number of rotatable bonds is 4. The summed E-state index contributed by atoms with van der Waals surface area (Å²) in [5.74, 6) is 0. The molecule has 0 fully saturated rings. The van der Waals surface area contributed by atoms with Crippen LogP contribution in [0, 0.1) is 0 Å². The first-order valence-electron chi connectivity index (χ1n) is 20.5. The zero-order valence-electron chi connectivity index (χ0n) is 42.6. The fourth-order valence-electron chi connectivity index (χ4n) is 3.96. The van der Waals surface area contributed by atoms with E-state index < -0.39 is 58.3 Å². The summed E-state index contributed by atoms with van der Waals surface area (Å²) in [5.41, 5.74) is -1.06. The Bertz CT molecular complexity index is 2270. The van der Waals surface area contributed by atoms with E-state index in [1.165, 1.54) is 25.0 Å². The molecule has 0 aliphatic rings. The molecule has 0 saturated heterocycles. The summed E-state index contributed by atoms with van der Waals surface area (Å²) >= 11 is 0. The Hall–Kier alpha value is -3.64. The van der Waals surface area contributed by atoms with E-state index in [1.54, 1.807) is 102 Å². The molecule has 0 radical (unpaired) electrons. The van der Waals surface area contributed by atoms with Crippen LogP contribution < -0.4 is 0 Å². The molecule has 64 heavy (non-hydrogen) atoms. The third-order valence-electron chi connectivity index (χ3n) is 8.89. The van der Waals surface area contributed by atoms with E-state index in [0.717, 1.165) is 0 Å². The minimum Gasteiger partial charge on any atom is -0.246 e. The number of aromatic nitrogens is 12. The Balaban J connectivity index is 0.000000427. The zero-order chi connectivity index (χ0) is 51.1.